The fourth-order valence-electron chi connectivity index (χ4n) is 0. The zero-order valence-electron chi connectivity index (χ0n) is 5.10. The minimum Gasteiger partial charge on any atom is -0.388 e. The molecule has 0 aromatic rings. The Morgan fingerprint density at radius 2 is 1.62 bits per heavy atom. The molecule has 5 nitrogen and oxygen atoms in total. The minimum atomic E-state index is 0.167. The molecule has 0 saturated heterocycles. The van der Waals surface area contributed by atoms with E-state index in [0.717, 1.165) is 4.81 Å². The summed E-state index contributed by atoms with van der Waals surface area (Å²) in [6, 6.07) is 0. The van der Waals surface area contributed by atoms with Crippen molar-refractivity contribution in [2.45, 2.75) is 6.92 Å². The van der Waals surface area contributed by atoms with Gasteiger partial charge in [-0.1, -0.05) is 0 Å². The van der Waals surface area contributed by atoms with Gasteiger partial charge in [0, 0.05) is 0 Å². The van der Waals surface area contributed by atoms with Crippen molar-refractivity contribution in [3.8, 4) is 0 Å². The number of hydrogen-bond acceptors (Lipinski definition) is 2. The molecule has 0 aromatic heterocycles. The summed E-state index contributed by atoms with van der Waals surface area (Å²) in [6.45, 7) is 1.53. The molecule has 0 bridgehead atoms. The van der Waals surface area contributed by atoms with Gasteiger partial charge in [-0.15, -0.1) is 0 Å². The van der Waals surface area contributed by atoms with Crippen LogP contribution in [0.3, 0.4) is 0 Å². The fourth-order valence-corrected chi connectivity index (χ4v) is 0. The highest BCUT2D eigenvalue weighted by Crippen LogP contribution is 1.36. The molecule has 0 heterocycles. The Hall–Kier alpha value is -1.13. The van der Waals surface area contributed by atoms with Crippen molar-refractivity contribution in [2.75, 3.05) is 7.05 Å². The van der Waals surface area contributed by atoms with Crippen LogP contribution in [0.1, 0.15) is 6.92 Å². The van der Waals surface area contributed by atoms with Crippen LogP contribution in [0.4, 0.5) is 0 Å². The molecule has 0 radical (unpaired) electrons. The molecular weight excluding hydrogens is 106 g/mol. The Balaban J connectivity index is 0. The first-order chi connectivity index (χ1) is 3.46. The predicted octanol–water partition coefficient (Wildman–Crippen LogP) is -0.524. The van der Waals surface area contributed by atoms with Crippen LogP contribution in [0.5, 0.6) is 0 Å². The number of nitrogens with one attached hydrogen (secondary N) is 2. The maximum absolute atomic E-state index is 6.28. The molecule has 5 heteroatoms. The summed E-state index contributed by atoms with van der Waals surface area (Å²) in [5.74, 6) is 4.78. The molecule has 0 fully saturated rings. The second-order valence-electron chi connectivity index (χ2n) is 1.29. The summed E-state index contributed by atoms with van der Waals surface area (Å²) in [7, 11) is 1.44. The number of rotatable bonds is 0. The highest BCUT2D eigenvalue weighted by molar-refractivity contribution is 5.73. The molecule has 0 atom stereocenters. The van der Waals surface area contributed by atoms with E-state index in [1.807, 2.05) is 0 Å². The summed E-state index contributed by atoms with van der Waals surface area (Å²) < 4.78 is 0. The third-order valence-corrected chi connectivity index (χ3v) is 0. The van der Waals surface area contributed by atoms with E-state index in [1.54, 1.807) is 0 Å². The highest BCUT2D eigenvalue weighted by Gasteiger charge is 1.58. The van der Waals surface area contributed by atoms with E-state index in [1.165, 1.54) is 14.0 Å². The zero-order chi connectivity index (χ0) is 7.15. The Morgan fingerprint density at radius 3 is 1.62 bits per heavy atom. The van der Waals surface area contributed by atoms with Gasteiger partial charge >= 0.3 is 0 Å². The van der Waals surface area contributed by atoms with E-state index in [0.29, 0.717) is 0 Å². The second-order valence-corrected chi connectivity index (χ2v) is 1.29. The summed E-state index contributed by atoms with van der Waals surface area (Å²) >= 11 is 0. The Labute approximate surface area is 48.3 Å². The van der Waals surface area contributed by atoms with Gasteiger partial charge in [-0.25, -0.2) is 0 Å². The lowest BCUT2D eigenvalue weighted by Gasteiger charge is -1.66. The first kappa shape index (κ1) is 9.98. The largest absolute Gasteiger partial charge is 0.388 e. The molecule has 0 spiro atoms. The maximum Gasteiger partial charge on any atom is 0.189 e. The van der Waals surface area contributed by atoms with Crippen molar-refractivity contribution >= 4 is 5.84 Å². The van der Waals surface area contributed by atoms with Gasteiger partial charge in [0.1, 0.15) is 0 Å². The highest BCUT2D eigenvalue weighted by atomic mass is 15.4. The first-order valence-electron chi connectivity index (χ1n) is 1.97. The van der Waals surface area contributed by atoms with Gasteiger partial charge in [0.05, 0.1) is 5.84 Å². The fraction of sp³-hybridized carbons (Fsp3) is 0.667. The lowest BCUT2D eigenvalue weighted by Crippen LogP contribution is -2.06. The summed E-state index contributed by atoms with van der Waals surface area (Å²) in [5, 5.41) is 6.28. The molecule has 0 aliphatic carbocycles. The molecule has 0 aliphatic rings. The van der Waals surface area contributed by atoms with Gasteiger partial charge in [-0.05, 0) is 17.3 Å². The summed E-state index contributed by atoms with van der Waals surface area (Å²) in [6.07, 6.45) is 0. The van der Waals surface area contributed by atoms with Crippen molar-refractivity contribution in [3.63, 3.8) is 0 Å². The Bertz CT molecular complexity index is 65.7. The maximum atomic E-state index is 6.28. The van der Waals surface area contributed by atoms with Crippen LogP contribution in [-0.4, -0.2) is 17.7 Å². The summed E-state index contributed by atoms with van der Waals surface area (Å²) in [5.41, 5.74) is 10.9. The van der Waals surface area contributed by atoms with E-state index >= 15 is 0 Å². The first-order valence-corrected chi connectivity index (χ1v) is 1.97. The van der Waals surface area contributed by atoms with Crippen molar-refractivity contribution in [2.24, 2.45) is 11.6 Å². The molecule has 0 unspecified atom stereocenters. The number of amidine groups is 1. The SMILES string of the molecule is CC(=N)N.C[N+](=N)N. The van der Waals surface area contributed by atoms with Crippen LogP contribution in [-0.2, 0) is 0 Å². The molecule has 0 amide bonds. The minimum absolute atomic E-state index is 0.167. The Morgan fingerprint density at radius 1 is 1.62 bits per heavy atom. The van der Waals surface area contributed by atoms with Gasteiger partial charge in [-0.3, -0.25) is 5.41 Å². The molecule has 0 aliphatic heterocycles. The third kappa shape index (κ3) is 57.1. The standard InChI is InChI=1S/C2H6N2.CH6N3/c1-2(3)4;1-4(2)3/h1H3,(H3,3,4);1H3,(H3,2,3)/q;+1. The van der Waals surface area contributed by atoms with E-state index in [2.05, 4.69) is 5.84 Å². The molecule has 48 valence electrons. The molecule has 0 saturated carbocycles. The number of hydrogen-bond donors (Lipinski definition) is 4. The van der Waals surface area contributed by atoms with Crippen LogP contribution < -0.4 is 11.6 Å². The van der Waals surface area contributed by atoms with Crippen LogP contribution in [0, 0.1) is 10.9 Å². The normalized spacial score (nSPS) is 6.25. The topological polar surface area (TPSA) is 103 Å². The average molecular weight is 118 g/mol. The van der Waals surface area contributed by atoms with Gasteiger partial charge in [0.2, 0.25) is 0 Å². The Kier molecular flexibility index (Phi) is 7.32. The molecule has 0 rings (SSSR count). The smallest absolute Gasteiger partial charge is 0.189 e. The molecular formula is C3H12N5+. The zero-order valence-corrected chi connectivity index (χ0v) is 5.10. The quantitative estimate of drug-likeness (QED) is 0.0858. The van der Waals surface area contributed by atoms with Crippen LogP contribution in [0.15, 0.2) is 0 Å². The molecule has 0 aromatic carbocycles. The van der Waals surface area contributed by atoms with Crippen LogP contribution >= 0.6 is 0 Å². The molecule has 8 heavy (non-hydrogen) atoms. The number of nitrogens with zero attached hydrogens (tertiary/aromatic N) is 1. The summed E-state index contributed by atoms with van der Waals surface area (Å²) in [4.78, 5) is 0.750. The average Bonchev–Trinajstić information content (AvgIpc) is 1.25. The van der Waals surface area contributed by atoms with E-state index in [4.69, 9.17) is 16.7 Å². The van der Waals surface area contributed by atoms with Gasteiger partial charge < -0.3 is 5.73 Å². The predicted molar refractivity (Wildman–Crippen MR) is 30.7 cm³/mol. The lowest BCUT2D eigenvalue weighted by molar-refractivity contribution is -0.599. The van der Waals surface area contributed by atoms with Gasteiger partial charge in [0.25, 0.3) is 0 Å². The molecule has 6 N–H and O–H groups in total. The van der Waals surface area contributed by atoms with Crippen molar-refractivity contribution in [1.29, 1.82) is 10.9 Å². The van der Waals surface area contributed by atoms with Gasteiger partial charge in [0.15, 0.2) is 7.05 Å². The van der Waals surface area contributed by atoms with Gasteiger partial charge in [-0.2, -0.15) is 5.84 Å². The third-order valence-electron chi connectivity index (χ3n) is 0. The number of hydrazine groups is 1. The van der Waals surface area contributed by atoms with Crippen molar-refractivity contribution in [3.05, 3.63) is 0 Å². The second kappa shape index (κ2) is 5.87. The van der Waals surface area contributed by atoms with E-state index in [9.17, 15) is 0 Å². The van der Waals surface area contributed by atoms with Crippen LogP contribution in [0.25, 0.3) is 0 Å². The van der Waals surface area contributed by atoms with Crippen LogP contribution in [0.2, 0.25) is 0 Å². The number of nitrogens with two attached hydrogens (primary N) is 2. The van der Waals surface area contributed by atoms with E-state index in [-0.39, 0.29) is 5.84 Å². The van der Waals surface area contributed by atoms with Crippen molar-refractivity contribution < 1.29 is 4.81 Å². The monoisotopic (exact) mass is 118 g/mol. The van der Waals surface area contributed by atoms with E-state index < -0.39 is 0 Å². The lowest BCUT2D eigenvalue weighted by atomic mass is 10.8. The van der Waals surface area contributed by atoms with Crippen molar-refractivity contribution in [1.82, 2.24) is 0 Å².